The Morgan fingerprint density at radius 1 is 1.11 bits per heavy atom. The van der Waals surface area contributed by atoms with E-state index in [2.05, 4.69) is 20.4 Å². The first-order valence-corrected chi connectivity index (χ1v) is 9.42. The lowest BCUT2D eigenvalue weighted by Crippen LogP contribution is -2.24. The molecule has 1 aliphatic rings. The van der Waals surface area contributed by atoms with Gasteiger partial charge in [-0.3, -0.25) is 9.36 Å². The van der Waals surface area contributed by atoms with Crippen molar-refractivity contribution in [3.05, 3.63) is 71.5 Å². The lowest BCUT2D eigenvalue weighted by molar-refractivity contribution is 0.0912. The number of hydrogen-bond donors (Lipinski definition) is 1. The average molecular weight is 373 g/mol. The summed E-state index contributed by atoms with van der Waals surface area (Å²) in [5.41, 5.74) is 4.73. The number of aryl methyl sites for hydroxylation is 1. The van der Waals surface area contributed by atoms with Crippen LogP contribution >= 0.6 is 0 Å². The summed E-state index contributed by atoms with van der Waals surface area (Å²) in [4.78, 5) is 21.4. The van der Waals surface area contributed by atoms with Crippen LogP contribution in [0, 0.1) is 0 Å². The van der Waals surface area contributed by atoms with Gasteiger partial charge in [0.15, 0.2) is 0 Å². The summed E-state index contributed by atoms with van der Waals surface area (Å²) in [5, 5.41) is 6.94. The number of carbonyl (C=O) groups is 1. The van der Waals surface area contributed by atoms with E-state index in [1.807, 2.05) is 41.0 Å². The lowest BCUT2D eigenvalue weighted by atomic mass is 9.96. The molecule has 5 rings (SSSR count). The zero-order valence-electron chi connectivity index (χ0n) is 15.3. The molecule has 3 heterocycles. The summed E-state index contributed by atoms with van der Waals surface area (Å²) in [6, 6.07) is 11.8. The molecule has 7 heteroatoms. The Balaban J connectivity index is 1.29. The predicted molar refractivity (Wildman–Crippen MR) is 103 cm³/mol. The van der Waals surface area contributed by atoms with Crippen molar-refractivity contribution < 1.29 is 9.32 Å². The second kappa shape index (κ2) is 6.92. The first-order chi connectivity index (χ1) is 13.8. The van der Waals surface area contributed by atoms with Gasteiger partial charge in [0.25, 0.3) is 5.91 Å². The van der Waals surface area contributed by atoms with E-state index in [4.69, 9.17) is 4.52 Å². The van der Waals surface area contributed by atoms with Gasteiger partial charge in [-0.15, -0.1) is 0 Å². The number of hydrogen-bond acceptors (Lipinski definition) is 5. The third-order valence-electron chi connectivity index (χ3n) is 5.13. The fourth-order valence-corrected chi connectivity index (χ4v) is 3.64. The average Bonchev–Trinajstić information content (AvgIpc) is 3.37. The maximum atomic E-state index is 12.5. The molecule has 7 nitrogen and oxygen atoms in total. The van der Waals surface area contributed by atoms with Crippen LogP contribution < -0.4 is 5.32 Å². The summed E-state index contributed by atoms with van der Waals surface area (Å²) in [5.74, 6) is 0.914. The molecule has 0 bridgehead atoms. The van der Waals surface area contributed by atoms with E-state index in [0.29, 0.717) is 12.3 Å². The number of para-hydroxylation sites is 2. The number of aromatic nitrogens is 4. The highest BCUT2D eigenvalue weighted by Gasteiger charge is 2.23. The monoisotopic (exact) mass is 373 g/mol. The molecule has 0 aliphatic heterocycles. The van der Waals surface area contributed by atoms with Crippen LogP contribution in [0.15, 0.2) is 53.4 Å². The smallest absolute Gasteiger partial charge is 0.290 e. The molecule has 0 spiro atoms. The number of fused-ring (bicyclic) bond motifs is 2. The number of amides is 1. The molecule has 0 fully saturated rings. The maximum Gasteiger partial charge on any atom is 0.290 e. The number of pyridine rings is 1. The van der Waals surface area contributed by atoms with Crippen LogP contribution in [0.2, 0.25) is 0 Å². The summed E-state index contributed by atoms with van der Waals surface area (Å²) in [6.07, 6.45) is 7.45. The van der Waals surface area contributed by atoms with Crippen LogP contribution in [0.3, 0.4) is 0 Å². The first-order valence-electron chi connectivity index (χ1n) is 9.42. The molecular formula is C21H19N5O2. The number of imidazole rings is 1. The highest BCUT2D eigenvalue weighted by molar-refractivity contribution is 5.93. The van der Waals surface area contributed by atoms with Crippen LogP contribution in [0.4, 0.5) is 0 Å². The number of rotatable bonds is 4. The highest BCUT2D eigenvalue weighted by Crippen LogP contribution is 2.24. The second-order valence-corrected chi connectivity index (χ2v) is 6.95. The molecule has 1 aromatic carbocycles. The largest absolute Gasteiger partial charge is 0.350 e. The van der Waals surface area contributed by atoms with E-state index in [1.165, 1.54) is 0 Å². The molecule has 1 amide bonds. The van der Waals surface area contributed by atoms with Gasteiger partial charge in [0, 0.05) is 18.3 Å². The van der Waals surface area contributed by atoms with Crippen molar-refractivity contribution in [1.29, 1.82) is 0 Å². The Bertz CT molecular complexity index is 1140. The first kappa shape index (κ1) is 16.7. The van der Waals surface area contributed by atoms with Crippen LogP contribution in [0.1, 0.15) is 40.2 Å². The number of nitrogens with one attached hydrogen (secondary N) is 1. The number of benzene rings is 1. The third-order valence-corrected chi connectivity index (χ3v) is 5.13. The molecule has 0 atom stereocenters. The van der Waals surface area contributed by atoms with Crippen molar-refractivity contribution in [2.75, 3.05) is 0 Å². The molecule has 28 heavy (non-hydrogen) atoms. The fourth-order valence-electron chi connectivity index (χ4n) is 3.64. The Hall–Kier alpha value is -3.48. The van der Waals surface area contributed by atoms with Crippen molar-refractivity contribution in [3.8, 4) is 5.82 Å². The molecule has 0 saturated carbocycles. The molecule has 4 aromatic rings. The standard InChI is InChI=1S/C21H19N5O2/c27-21(20-15-5-1-2-6-16(15)25-28-20)23-12-14-9-10-19(22-11-14)26-13-24-17-7-3-4-8-18(17)26/h3-4,7-11,13H,1-2,5-6,12H2,(H,23,27). The molecule has 140 valence electrons. The second-order valence-electron chi connectivity index (χ2n) is 6.95. The van der Waals surface area contributed by atoms with Crippen LogP contribution in [-0.4, -0.2) is 25.6 Å². The summed E-state index contributed by atoms with van der Waals surface area (Å²) < 4.78 is 7.23. The van der Waals surface area contributed by atoms with Gasteiger partial charge in [0.1, 0.15) is 12.1 Å². The minimum atomic E-state index is -0.222. The zero-order chi connectivity index (χ0) is 18.9. The van der Waals surface area contributed by atoms with Gasteiger partial charge < -0.3 is 9.84 Å². The van der Waals surface area contributed by atoms with Crippen molar-refractivity contribution in [2.24, 2.45) is 0 Å². The Morgan fingerprint density at radius 3 is 2.89 bits per heavy atom. The number of carbonyl (C=O) groups excluding carboxylic acids is 1. The van der Waals surface area contributed by atoms with Gasteiger partial charge in [-0.1, -0.05) is 23.4 Å². The van der Waals surface area contributed by atoms with Gasteiger partial charge in [0.05, 0.1) is 16.7 Å². The highest BCUT2D eigenvalue weighted by atomic mass is 16.5. The van der Waals surface area contributed by atoms with E-state index in [1.54, 1.807) is 12.5 Å². The summed E-state index contributed by atoms with van der Waals surface area (Å²) >= 11 is 0. The zero-order valence-corrected chi connectivity index (χ0v) is 15.3. The van der Waals surface area contributed by atoms with Crippen molar-refractivity contribution in [3.63, 3.8) is 0 Å². The fraction of sp³-hybridized carbons (Fsp3) is 0.238. The molecule has 0 radical (unpaired) electrons. The van der Waals surface area contributed by atoms with Gasteiger partial charge in [-0.05, 0) is 49.4 Å². The molecular weight excluding hydrogens is 354 g/mol. The van der Waals surface area contributed by atoms with Crippen molar-refractivity contribution >= 4 is 16.9 Å². The molecule has 3 aromatic heterocycles. The van der Waals surface area contributed by atoms with Crippen molar-refractivity contribution in [2.45, 2.75) is 32.2 Å². The summed E-state index contributed by atoms with van der Waals surface area (Å²) in [7, 11) is 0. The lowest BCUT2D eigenvalue weighted by Gasteiger charge is -2.09. The number of nitrogens with zero attached hydrogens (tertiary/aromatic N) is 4. The van der Waals surface area contributed by atoms with E-state index < -0.39 is 0 Å². The topological polar surface area (TPSA) is 85.8 Å². The Labute approximate surface area is 161 Å². The van der Waals surface area contributed by atoms with Gasteiger partial charge in [-0.2, -0.15) is 0 Å². The molecule has 1 aliphatic carbocycles. The third kappa shape index (κ3) is 2.94. The molecule has 1 N–H and O–H groups in total. The molecule has 0 unspecified atom stereocenters. The van der Waals surface area contributed by atoms with Gasteiger partial charge in [0.2, 0.25) is 5.76 Å². The quantitative estimate of drug-likeness (QED) is 0.594. The predicted octanol–water partition coefficient (Wildman–Crippen LogP) is 3.22. The van der Waals surface area contributed by atoms with Crippen LogP contribution in [0.25, 0.3) is 16.9 Å². The van der Waals surface area contributed by atoms with Gasteiger partial charge in [-0.25, -0.2) is 9.97 Å². The van der Waals surface area contributed by atoms with Crippen LogP contribution in [-0.2, 0) is 19.4 Å². The van der Waals surface area contributed by atoms with E-state index >= 15 is 0 Å². The van der Waals surface area contributed by atoms with E-state index in [0.717, 1.165) is 59.4 Å². The van der Waals surface area contributed by atoms with Gasteiger partial charge >= 0.3 is 0 Å². The van der Waals surface area contributed by atoms with Crippen molar-refractivity contribution in [1.82, 2.24) is 25.0 Å². The van der Waals surface area contributed by atoms with E-state index in [9.17, 15) is 4.79 Å². The minimum Gasteiger partial charge on any atom is -0.350 e. The Kier molecular flexibility index (Phi) is 4.12. The van der Waals surface area contributed by atoms with Crippen LogP contribution in [0.5, 0.6) is 0 Å². The van der Waals surface area contributed by atoms with E-state index in [-0.39, 0.29) is 5.91 Å². The Morgan fingerprint density at radius 2 is 2.00 bits per heavy atom. The minimum absolute atomic E-state index is 0.222. The summed E-state index contributed by atoms with van der Waals surface area (Å²) in [6.45, 7) is 0.381. The normalized spacial score (nSPS) is 13.4. The SMILES string of the molecule is O=C(NCc1ccc(-n2cnc3ccccc32)nc1)c1onc2c1CCCC2. The maximum absolute atomic E-state index is 12.5. The molecule has 0 saturated heterocycles.